The largest absolute Gasteiger partial charge is 0.362 e. The molecule has 0 amide bonds. The Morgan fingerprint density at radius 3 is 2.95 bits per heavy atom. The molecule has 0 aliphatic carbocycles. The first-order chi connectivity index (χ1) is 10.3. The topological polar surface area (TPSA) is 58.9 Å². The quantitative estimate of drug-likeness (QED) is 0.923. The summed E-state index contributed by atoms with van der Waals surface area (Å²) in [4.78, 5) is 3.88. The Hall–Kier alpha value is -1.95. The van der Waals surface area contributed by atoms with Crippen LogP contribution in [0.3, 0.4) is 0 Å². The van der Waals surface area contributed by atoms with Crippen LogP contribution in [0, 0.1) is 0 Å². The summed E-state index contributed by atoms with van der Waals surface area (Å²) in [5.74, 6) is 0.768. The summed E-state index contributed by atoms with van der Waals surface area (Å²) < 4.78 is 0. The predicted octanol–water partition coefficient (Wildman–Crippen LogP) is 1.49. The average Bonchev–Trinajstić information content (AvgIpc) is 2.81. The molecule has 6 heteroatoms. The van der Waals surface area contributed by atoms with E-state index in [1.165, 1.54) is 28.9 Å². The third-order valence-electron chi connectivity index (χ3n) is 3.87. The minimum atomic E-state index is 0.499. The van der Waals surface area contributed by atoms with Crippen molar-refractivity contribution >= 4 is 5.69 Å². The van der Waals surface area contributed by atoms with Crippen LogP contribution in [-0.2, 0) is 20.1 Å². The van der Waals surface area contributed by atoms with Crippen molar-refractivity contribution in [2.75, 3.05) is 11.4 Å². The molecule has 2 aromatic rings. The number of aromatic nitrogens is 4. The van der Waals surface area contributed by atoms with Crippen molar-refractivity contribution < 1.29 is 0 Å². The Morgan fingerprint density at radius 2 is 2.19 bits per heavy atom. The van der Waals surface area contributed by atoms with Gasteiger partial charge in [0.05, 0.1) is 13.6 Å². The van der Waals surface area contributed by atoms with Crippen molar-refractivity contribution in [3.05, 3.63) is 35.7 Å². The first kappa shape index (κ1) is 14.0. The summed E-state index contributed by atoms with van der Waals surface area (Å²) in [6.45, 7) is 4.83. The highest BCUT2D eigenvalue weighted by Gasteiger charge is 2.22. The van der Waals surface area contributed by atoms with Crippen molar-refractivity contribution in [3.63, 3.8) is 0 Å². The van der Waals surface area contributed by atoms with Crippen molar-refractivity contribution in [1.29, 1.82) is 0 Å². The van der Waals surface area contributed by atoms with Gasteiger partial charge in [0.15, 0.2) is 5.82 Å². The van der Waals surface area contributed by atoms with Gasteiger partial charge in [-0.2, -0.15) is 4.80 Å². The van der Waals surface area contributed by atoms with Gasteiger partial charge in [-0.05, 0) is 23.3 Å². The second-order valence-corrected chi connectivity index (χ2v) is 5.57. The summed E-state index contributed by atoms with van der Waals surface area (Å²) >= 11 is 0. The van der Waals surface area contributed by atoms with Crippen LogP contribution in [0.2, 0.25) is 0 Å². The Morgan fingerprint density at radius 1 is 1.33 bits per heavy atom. The van der Waals surface area contributed by atoms with Crippen LogP contribution in [0.15, 0.2) is 24.3 Å². The molecule has 0 fully saturated rings. The molecule has 2 heterocycles. The third kappa shape index (κ3) is 3.21. The highest BCUT2D eigenvalue weighted by molar-refractivity contribution is 5.54. The highest BCUT2D eigenvalue weighted by Crippen LogP contribution is 2.25. The van der Waals surface area contributed by atoms with Crippen LogP contribution in [0.5, 0.6) is 0 Å². The third-order valence-corrected chi connectivity index (χ3v) is 3.87. The number of nitrogens with one attached hydrogen (secondary N) is 1. The minimum Gasteiger partial charge on any atom is -0.362 e. The van der Waals surface area contributed by atoms with E-state index in [-0.39, 0.29) is 0 Å². The zero-order valence-electron chi connectivity index (χ0n) is 12.7. The fourth-order valence-corrected chi connectivity index (χ4v) is 2.90. The molecule has 0 spiro atoms. The van der Waals surface area contributed by atoms with E-state index < -0.39 is 0 Å². The lowest BCUT2D eigenvalue weighted by Crippen LogP contribution is -2.38. The van der Waals surface area contributed by atoms with Gasteiger partial charge in [0, 0.05) is 24.8 Å². The monoisotopic (exact) mass is 286 g/mol. The molecule has 6 nitrogen and oxygen atoms in total. The van der Waals surface area contributed by atoms with Gasteiger partial charge in [0.1, 0.15) is 0 Å². The number of aryl methyl sites for hydroxylation is 1. The molecule has 1 aliphatic rings. The fraction of sp³-hybridized carbons (Fsp3) is 0.533. The van der Waals surface area contributed by atoms with E-state index >= 15 is 0 Å². The molecule has 0 saturated carbocycles. The highest BCUT2D eigenvalue weighted by atomic mass is 15.6. The van der Waals surface area contributed by atoms with E-state index in [4.69, 9.17) is 0 Å². The van der Waals surface area contributed by atoms with Gasteiger partial charge in [-0.25, -0.2) is 0 Å². The molecular weight excluding hydrogens is 264 g/mol. The molecule has 1 aromatic carbocycles. The number of anilines is 1. The number of hydrogen-bond acceptors (Lipinski definition) is 5. The summed E-state index contributed by atoms with van der Waals surface area (Å²) in [5.41, 5.74) is 2.61. The second kappa shape index (κ2) is 6.22. The smallest absolute Gasteiger partial charge is 0.193 e. The lowest BCUT2D eigenvalue weighted by Gasteiger charge is -2.26. The van der Waals surface area contributed by atoms with E-state index in [0.717, 1.165) is 18.9 Å². The summed E-state index contributed by atoms with van der Waals surface area (Å²) in [7, 11) is 1.80. The summed E-state index contributed by atoms with van der Waals surface area (Å²) in [5, 5.41) is 16.0. The van der Waals surface area contributed by atoms with Gasteiger partial charge >= 0.3 is 0 Å². The van der Waals surface area contributed by atoms with Crippen molar-refractivity contribution in [2.24, 2.45) is 7.05 Å². The number of fused-ring (bicyclic) bond motifs is 1. The van der Waals surface area contributed by atoms with Gasteiger partial charge in [-0.1, -0.05) is 31.5 Å². The van der Waals surface area contributed by atoms with Crippen molar-refractivity contribution in [2.45, 2.75) is 38.9 Å². The Balaban J connectivity index is 1.86. The van der Waals surface area contributed by atoms with E-state index in [9.17, 15) is 0 Å². The maximum Gasteiger partial charge on any atom is 0.193 e. The molecule has 1 N–H and O–H groups in total. The summed E-state index contributed by atoms with van der Waals surface area (Å²) in [6, 6.07) is 9.06. The number of nitrogens with zero attached hydrogens (tertiary/aromatic N) is 5. The molecule has 1 aliphatic heterocycles. The molecule has 0 bridgehead atoms. The molecule has 1 aromatic heterocycles. The molecule has 112 valence electrons. The first-order valence-corrected chi connectivity index (χ1v) is 7.55. The number of hydrogen-bond donors (Lipinski definition) is 1. The molecule has 0 radical (unpaired) electrons. The maximum atomic E-state index is 4.31. The van der Waals surface area contributed by atoms with Crippen molar-refractivity contribution in [3.8, 4) is 0 Å². The number of para-hydroxylation sites is 1. The second-order valence-electron chi connectivity index (χ2n) is 5.57. The zero-order chi connectivity index (χ0) is 14.7. The van der Waals surface area contributed by atoms with Gasteiger partial charge < -0.3 is 10.2 Å². The Labute approximate surface area is 125 Å². The maximum absolute atomic E-state index is 4.31. The van der Waals surface area contributed by atoms with E-state index in [1.54, 1.807) is 7.05 Å². The lowest BCUT2D eigenvalue weighted by atomic mass is 10.1. The number of tetrazole rings is 1. The average molecular weight is 286 g/mol. The van der Waals surface area contributed by atoms with Gasteiger partial charge in [-0.3, -0.25) is 0 Å². The molecule has 1 unspecified atom stereocenters. The van der Waals surface area contributed by atoms with Gasteiger partial charge in [0.25, 0.3) is 0 Å². The van der Waals surface area contributed by atoms with Gasteiger partial charge in [-0.15, -0.1) is 10.2 Å². The van der Waals surface area contributed by atoms with Crippen LogP contribution in [0.25, 0.3) is 0 Å². The van der Waals surface area contributed by atoms with Crippen LogP contribution < -0.4 is 10.2 Å². The molecule has 1 atom stereocenters. The van der Waals surface area contributed by atoms with Crippen LogP contribution in [-0.4, -0.2) is 32.8 Å². The Kier molecular flexibility index (Phi) is 4.15. The summed E-state index contributed by atoms with van der Waals surface area (Å²) in [6.07, 6.45) is 2.36. The van der Waals surface area contributed by atoms with E-state index in [0.29, 0.717) is 12.6 Å². The normalized spacial score (nSPS) is 18.4. The lowest BCUT2D eigenvalue weighted by molar-refractivity contribution is 0.478. The van der Waals surface area contributed by atoms with E-state index in [2.05, 4.69) is 56.8 Å². The molecular formula is C15H22N6. The fourth-order valence-electron chi connectivity index (χ4n) is 2.90. The van der Waals surface area contributed by atoms with Crippen LogP contribution >= 0.6 is 0 Å². The minimum absolute atomic E-state index is 0.499. The van der Waals surface area contributed by atoms with Crippen molar-refractivity contribution in [1.82, 2.24) is 25.5 Å². The van der Waals surface area contributed by atoms with E-state index in [1.807, 2.05) is 0 Å². The standard InChI is InChI=1S/C15H22N6/c1-3-6-13-10-21(11-15-17-19-20(2)18-15)14-8-5-4-7-12(14)9-16-13/h4-5,7-8,13,16H,3,6,9-11H2,1-2H3. The zero-order valence-corrected chi connectivity index (χ0v) is 12.7. The number of rotatable bonds is 4. The van der Waals surface area contributed by atoms with Crippen LogP contribution in [0.1, 0.15) is 31.2 Å². The molecule has 21 heavy (non-hydrogen) atoms. The predicted molar refractivity (Wildman–Crippen MR) is 81.8 cm³/mol. The molecule has 0 saturated heterocycles. The number of benzene rings is 1. The van der Waals surface area contributed by atoms with Crippen LogP contribution in [0.4, 0.5) is 5.69 Å². The Bertz CT molecular complexity index is 593. The molecule has 3 rings (SSSR count). The van der Waals surface area contributed by atoms with Gasteiger partial charge in [0.2, 0.25) is 0 Å². The SMILES string of the molecule is CCCC1CN(Cc2nnn(C)n2)c2ccccc2CN1. The first-order valence-electron chi connectivity index (χ1n) is 7.55.